The zero-order chi connectivity index (χ0) is 12.9. The maximum absolute atomic E-state index is 11.8. The summed E-state index contributed by atoms with van der Waals surface area (Å²) in [6.07, 6.45) is 1.15. The Bertz CT molecular complexity index is 355. The van der Waals surface area contributed by atoms with Gasteiger partial charge in [0.1, 0.15) is 9.84 Å². The van der Waals surface area contributed by atoms with Gasteiger partial charge in [-0.1, -0.05) is 6.92 Å². The second-order valence-corrected chi connectivity index (χ2v) is 6.49. The van der Waals surface area contributed by atoms with Gasteiger partial charge in [-0.15, -0.1) is 0 Å². The largest absolute Gasteiger partial charge is 0.379 e. The van der Waals surface area contributed by atoms with E-state index >= 15 is 0 Å². The SMILES string of the molecule is CCNC1COCC1C(=O)NCCS(C)(=O)=O. The normalized spacial score (nSPS) is 24.8. The molecule has 1 aliphatic heterocycles. The molecule has 1 fully saturated rings. The minimum Gasteiger partial charge on any atom is -0.379 e. The van der Waals surface area contributed by atoms with Gasteiger partial charge in [0.25, 0.3) is 0 Å². The lowest BCUT2D eigenvalue weighted by Crippen LogP contribution is -2.44. The van der Waals surface area contributed by atoms with Crippen LogP contribution in [0.3, 0.4) is 0 Å². The van der Waals surface area contributed by atoms with Gasteiger partial charge in [0.05, 0.1) is 24.9 Å². The zero-order valence-electron chi connectivity index (χ0n) is 10.2. The summed E-state index contributed by atoms with van der Waals surface area (Å²) in [6, 6.07) is 0.0261. The molecule has 6 nitrogen and oxygen atoms in total. The van der Waals surface area contributed by atoms with Gasteiger partial charge >= 0.3 is 0 Å². The van der Waals surface area contributed by atoms with E-state index in [0.717, 1.165) is 12.8 Å². The lowest BCUT2D eigenvalue weighted by atomic mass is 10.0. The second kappa shape index (κ2) is 6.32. The van der Waals surface area contributed by atoms with Gasteiger partial charge in [-0.25, -0.2) is 8.42 Å². The fourth-order valence-electron chi connectivity index (χ4n) is 1.77. The Labute approximate surface area is 102 Å². The lowest BCUT2D eigenvalue weighted by molar-refractivity contribution is -0.125. The van der Waals surface area contributed by atoms with Crippen LogP contribution >= 0.6 is 0 Å². The third-order valence-electron chi connectivity index (χ3n) is 2.66. The van der Waals surface area contributed by atoms with Gasteiger partial charge < -0.3 is 15.4 Å². The molecule has 1 aliphatic rings. The molecule has 0 aromatic heterocycles. The fourth-order valence-corrected chi connectivity index (χ4v) is 2.24. The van der Waals surface area contributed by atoms with Crippen LogP contribution in [0, 0.1) is 5.92 Å². The number of sulfone groups is 1. The topological polar surface area (TPSA) is 84.5 Å². The van der Waals surface area contributed by atoms with Crippen LogP contribution in [-0.4, -0.2) is 58.7 Å². The second-order valence-electron chi connectivity index (χ2n) is 4.23. The molecule has 1 rings (SSSR count). The average molecular weight is 264 g/mol. The predicted octanol–water partition coefficient (Wildman–Crippen LogP) is -1.23. The number of rotatable bonds is 6. The molecule has 2 N–H and O–H groups in total. The van der Waals surface area contributed by atoms with E-state index in [1.165, 1.54) is 0 Å². The van der Waals surface area contributed by atoms with Crippen LogP contribution in [0.15, 0.2) is 0 Å². The van der Waals surface area contributed by atoms with Crippen LogP contribution in [0.5, 0.6) is 0 Å². The van der Waals surface area contributed by atoms with Crippen molar-refractivity contribution in [2.45, 2.75) is 13.0 Å². The molecule has 0 bridgehead atoms. The smallest absolute Gasteiger partial charge is 0.227 e. The molecule has 100 valence electrons. The molecule has 0 aromatic carbocycles. The number of hydrogen-bond donors (Lipinski definition) is 2. The lowest BCUT2D eigenvalue weighted by Gasteiger charge is -2.17. The highest BCUT2D eigenvalue weighted by molar-refractivity contribution is 7.90. The van der Waals surface area contributed by atoms with Crippen molar-refractivity contribution in [2.75, 3.05) is 38.3 Å². The molecule has 1 amide bonds. The molecule has 1 heterocycles. The summed E-state index contributed by atoms with van der Waals surface area (Å²) in [5, 5.41) is 5.81. The zero-order valence-corrected chi connectivity index (χ0v) is 11.0. The van der Waals surface area contributed by atoms with E-state index in [1.54, 1.807) is 0 Å². The van der Waals surface area contributed by atoms with E-state index in [0.29, 0.717) is 13.2 Å². The quantitative estimate of drug-likeness (QED) is 0.627. The van der Waals surface area contributed by atoms with Gasteiger partial charge in [-0.2, -0.15) is 0 Å². The fraction of sp³-hybridized carbons (Fsp3) is 0.900. The maximum atomic E-state index is 11.8. The number of nitrogens with one attached hydrogen (secondary N) is 2. The van der Waals surface area contributed by atoms with Crippen LogP contribution < -0.4 is 10.6 Å². The molecule has 0 aliphatic carbocycles. The van der Waals surface area contributed by atoms with E-state index in [1.807, 2.05) is 6.92 Å². The first-order chi connectivity index (χ1) is 7.94. The number of carbonyl (C=O) groups excluding carboxylic acids is 1. The summed E-state index contributed by atoms with van der Waals surface area (Å²) in [7, 11) is -3.03. The Morgan fingerprint density at radius 1 is 1.41 bits per heavy atom. The molecule has 2 unspecified atom stereocenters. The summed E-state index contributed by atoms with van der Waals surface area (Å²) in [4.78, 5) is 11.8. The number of ether oxygens (including phenoxy) is 1. The minimum absolute atomic E-state index is 0.0261. The van der Waals surface area contributed by atoms with Gasteiger partial charge in [-0.3, -0.25) is 4.79 Å². The summed E-state index contributed by atoms with van der Waals surface area (Å²) in [5.41, 5.74) is 0. The van der Waals surface area contributed by atoms with Gasteiger partial charge in [0, 0.05) is 18.8 Å². The first-order valence-corrected chi connectivity index (χ1v) is 7.76. The summed E-state index contributed by atoms with van der Waals surface area (Å²) in [5.74, 6) is -0.398. The molecule has 17 heavy (non-hydrogen) atoms. The predicted molar refractivity (Wildman–Crippen MR) is 64.5 cm³/mol. The minimum atomic E-state index is -3.03. The number of carbonyl (C=O) groups is 1. The van der Waals surface area contributed by atoms with Crippen molar-refractivity contribution in [3.8, 4) is 0 Å². The van der Waals surface area contributed by atoms with Crippen molar-refractivity contribution in [2.24, 2.45) is 5.92 Å². The monoisotopic (exact) mass is 264 g/mol. The number of hydrogen-bond acceptors (Lipinski definition) is 5. The van der Waals surface area contributed by atoms with Crippen molar-refractivity contribution in [3.05, 3.63) is 0 Å². The van der Waals surface area contributed by atoms with Gasteiger partial charge in [0.15, 0.2) is 0 Å². The van der Waals surface area contributed by atoms with Gasteiger partial charge in [-0.05, 0) is 6.54 Å². The van der Waals surface area contributed by atoms with Gasteiger partial charge in [0.2, 0.25) is 5.91 Å². The van der Waals surface area contributed by atoms with E-state index in [-0.39, 0.29) is 30.2 Å². The van der Waals surface area contributed by atoms with E-state index < -0.39 is 9.84 Å². The Kier molecular flexibility index (Phi) is 5.35. The van der Waals surface area contributed by atoms with Crippen LogP contribution in [0.1, 0.15) is 6.92 Å². The van der Waals surface area contributed by atoms with Crippen LogP contribution in [0.4, 0.5) is 0 Å². The Balaban J connectivity index is 2.36. The third kappa shape index (κ3) is 5.01. The van der Waals surface area contributed by atoms with E-state index in [2.05, 4.69) is 10.6 Å². The number of likely N-dealkylation sites (N-methyl/N-ethyl adjacent to an activating group) is 1. The van der Waals surface area contributed by atoms with Crippen LogP contribution in [0.25, 0.3) is 0 Å². The summed E-state index contributed by atoms with van der Waals surface area (Å²) >= 11 is 0. The number of amides is 1. The Morgan fingerprint density at radius 2 is 2.12 bits per heavy atom. The molecule has 0 aromatic rings. The molecule has 1 saturated heterocycles. The molecule has 0 saturated carbocycles. The van der Waals surface area contributed by atoms with Crippen LogP contribution in [-0.2, 0) is 19.4 Å². The molecular weight excluding hydrogens is 244 g/mol. The van der Waals surface area contributed by atoms with Crippen molar-refractivity contribution < 1.29 is 17.9 Å². The highest BCUT2D eigenvalue weighted by Gasteiger charge is 2.33. The molecule has 7 heteroatoms. The molecule has 0 radical (unpaired) electrons. The highest BCUT2D eigenvalue weighted by atomic mass is 32.2. The van der Waals surface area contributed by atoms with E-state index in [4.69, 9.17) is 4.74 Å². The average Bonchev–Trinajstić information content (AvgIpc) is 2.64. The summed E-state index contributed by atoms with van der Waals surface area (Å²) in [6.45, 7) is 3.82. The highest BCUT2D eigenvalue weighted by Crippen LogP contribution is 2.13. The maximum Gasteiger partial charge on any atom is 0.227 e. The summed E-state index contributed by atoms with van der Waals surface area (Å²) < 4.78 is 27.1. The standard InChI is InChI=1S/C10H20N2O4S/c1-3-11-9-7-16-6-8(9)10(13)12-4-5-17(2,14)15/h8-9,11H,3-7H2,1-2H3,(H,12,13). The third-order valence-corrected chi connectivity index (χ3v) is 3.60. The molecule has 0 spiro atoms. The first kappa shape index (κ1) is 14.4. The first-order valence-electron chi connectivity index (χ1n) is 5.70. The van der Waals surface area contributed by atoms with Crippen molar-refractivity contribution in [1.82, 2.24) is 10.6 Å². The van der Waals surface area contributed by atoms with Crippen molar-refractivity contribution in [3.63, 3.8) is 0 Å². The van der Waals surface area contributed by atoms with Crippen molar-refractivity contribution >= 4 is 15.7 Å². The Morgan fingerprint density at radius 3 is 2.71 bits per heavy atom. The van der Waals surface area contributed by atoms with Crippen LogP contribution in [0.2, 0.25) is 0 Å². The van der Waals surface area contributed by atoms with E-state index in [9.17, 15) is 13.2 Å². The Hall–Kier alpha value is -0.660. The molecule has 2 atom stereocenters. The van der Waals surface area contributed by atoms with Crippen molar-refractivity contribution in [1.29, 1.82) is 0 Å². The molecular formula is C10H20N2O4S.